The van der Waals surface area contributed by atoms with Gasteiger partial charge in [-0.05, 0) is 44.5 Å². The highest BCUT2D eigenvalue weighted by Crippen LogP contribution is 2.17. The Balaban J connectivity index is 2.53. The van der Waals surface area contributed by atoms with Gasteiger partial charge in [0.1, 0.15) is 23.9 Å². The quantitative estimate of drug-likeness (QED) is 0.654. The van der Waals surface area contributed by atoms with E-state index in [0.717, 1.165) is 6.42 Å². The third-order valence-electron chi connectivity index (χ3n) is 2.91. The van der Waals surface area contributed by atoms with Crippen LogP contribution in [0.4, 0.5) is 0 Å². The van der Waals surface area contributed by atoms with Crippen LogP contribution in [0.15, 0.2) is 29.2 Å². The molecular weight excluding hydrogens is 292 g/mol. The molecule has 1 unspecified atom stereocenters. The van der Waals surface area contributed by atoms with Gasteiger partial charge < -0.3 is 9.47 Å². The molecule has 0 saturated heterocycles. The van der Waals surface area contributed by atoms with Crippen molar-refractivity contribution in [3.8, 4) is 5.75 Å². The van der Waals surface area contributed by atoms with Crippen LogP contribution in [-0.2, 0) is 19.4 Å². The van der Waals surface area contributed by atoms with Gasteiger partial charge in [-0.1, -0.05) is 6.92 Å². The molecule has 0 aliphatic rings. The molecule has 0 bridgehead atoms. The maximum atomic E-state index is 11.8. The molecular formula is C15H22O5S. The van der Waals surface area contributed by atoms with Crippen molar-refractivity contribution >= 4 is 15.6 Å². The highest BCUT2D eigenvalue weighted by atomic mass is 32.2. The molecule has 5 nitrogen and oxygen atoms in total. The number of hydrogen-bond donors (Lipinski definition) is 0. The zero-order chi connectivity index (χ0) is 15.9. The number of carbonyl (C=O) groups is 1. The molecule has 0 radical (unpaired) electrons. The monoisotopic (exact) mass is 314 g/mol. The van der Waals surface area contributed by atoms with Crippen LogP contribution in [0.5, 0.6) is 5.75 Å². The molecule has 1 rings (SSSR count). The summed E-state index contributed by atoms with van der Waals surface area (Å²) in [6.45, 7) is 6.19. The van der Waals surface area contributed by atoms with Crippen LogP contribution in [0.1, 0.15) is 27.2 Å². The Morgan fingerprint density at radius 2 is 1.81 bits per heavy atom. The summed E-state index contributed by atoms with van der Waals surface area (Å²) < 4.78 is 34.6. The van der Waals surface area contributed by atoms with Gasteiger partial charge in [0.05, 0.1) is 17.6 Å². The second-order valence-electron chi connectivity index (χ2n) is 4.87. The number of ketones is 1. The number of rotatable bonds is 9. The first-order valence-electron chi connectivity index (χ1n) is 6.92. The Morgan fingerprint density at radius 1 is 1.19 bits per heavy atom. The van der Waals surface area contributed by atoms with Crippen molar-refractivity contribution in [1.29, 1.82) is 0 Å². The lowest BCUT2D eigenvalue weighted by molar-refractivity contribution is -0.114. The fourth-order valence-electron chi connectivity index (χ4n) is 1.62. The number of sulfone groups is 1. The van der Waals surface area contributed by atoms with Gasteiger partial charge in [0.25, 0.3) is 0 Å². The van der Waals surface area contributed by atoms with Gasteiger partial charge in [-0.15, -0.1) is 0 Å². The van der Waals surface area contributed by atoms with Gasteiger partial charge in [0.15, 0.2) is 9.84 Å². The summed E-state index contributed by atoms with van der Waals surface area (Å²) in [6, 6.07) is 6.05. The zero-order valence-electron chi connectivity index (χ0n) is 12.7. The molecule has 6 heteroatoms. The van der Waals surface area contributed by atoms with Gasteiger partial charge >= 0.3 is 0 Å². The summed E-state index contributed by atoms with van der Waals surface area (Å²) in [5.41, 5.74) is 0. The minimum absolute atomic E-state index is 0.126. The predicted molar refractivity (Wildman–Crippen MR) is 80.4 cm³/mol. The van der Waals surface area contributed by atoms with E-state index in [2.05, 4.69) is 0 Å². The van der Waals surface area contributed by atoms with E-state index in [-0.39, 0.29) is 16.8 Å². The molecule has 0 amide bonds. The van der Waals surface area contributed by atoms with E-state index in [4.69, 9.17) is 9.47 Å². The van der Waals surface area contributed by atoms with Crippen molar-refractivity contribution in [1.82, 2.24) is 0 Å². The largest absolute Gasteiger partial charge is 0.491 e. The summed E-state index contributed by atoms with van der Waals surface area (Å²) in [7, 11) is -3.55. The third-order valence-corrected chi connectivity index (χ3v) is 4.68. The van der Waals surface area contributed by atoms with Crippen molar-refractivity contribution in [2.75, 3.05) is 19.0 Å². The van der Waals surface area contributed by atoms with Crippen LogP contribution in [0.2, 0.25) is 0 Å². The lowest BCUT2D eigenvalue weighted by atomic mass is 10.3. The molecule has 0 N–H and O–H groups in total. The Morgan fingerprint density at radius 3 is 2.33 bits per heavy atom. The molecule has 21 heavy (non-hydrogen) atoms. The first-order chi connectivity index (χ1) is 9.85. The van der Waals surface area contributed by atoms with Crippen molar-refractivity contribution < 1.29 is 22.7 Å². The first kappa shape index (κ1) is 17.7. The predicted octanol–water partition coefficient (Wildman–Crippen LogP) is 2.24. The summed E-state index contributed by atoms with van der Waals surface area (Å²) in [5.74, 6) is -0.280. The fourth-order valence-corrected chi connectivity index (χ4v) is 2.87. The molecule has 1 aromatic carbocycles. The molecule has 118 valence electrons. The third kappa shape index (κ3) is 6.27. The molecule has 0 spiro atoms. The number of hydrogen-bond acceptors (Lipinski definition) is 5. The minimum atomic E-state index is -3.55. The topological polar surface area (TPSA) is 69.7 Å². The lowest BCUT2D eigenvalue weighted by Crippen LogP contribution is -2.14. The van der Waals surface area contributed by atoms with Crippen LogP contribution in [0.25, 0.3) is 0 Å². The first-order valence-corrected chi connectivity index (χ1v) is 8.57. The van der Waals surface area contributed by atoms with Gasteiger partial charge in [-0.25, -0.2) is 8.42 Å². The van der Waals surface area contributed by atoms with Crippen molar-refractivity contribution in [3.05, 3.63) is 24.3 Å². The average molecular weight is 314 g/mol. The maximum Gasteiger partial charge on any atom is 0.185 e. The van der Waals surface area contributed by atoms with Gasteiger partial charge in [0.2, 0.25) is 0 Å². The number of ether oxygens (including phenoxy) is 2. The smallest absolute Gasteiger partial charge is 0.185 e. The van der Waals surface area contributed by atoms with Crippen molar-refractivity contribution in [2.24, 2.45) is 0 Å². The van der Waals surface area contributed by atoms with E-state index in [1.165, 1.54) is 19.1 Å². The van der Waals surface area contributed by atoms with E-state index in [1.54, 1.807) is 12.1 Å². The van der Waals surface area contributed by atoms with Gasteiger partial charge in [0, 0.05) is 0 Å². The minimum Gasteiger partial charge on any atom is -0.491 e. The second-order valence-corrected chi connectivity index (χ2v) is 6.86. The molecule has 0 saturated carbocycles. The maximum absolute atomic E-state index is 11.8. The van der Waals surface area contributed by atoms with Crippen LogP contribution in [-0.4, -0.2) is 39.3 Å². The van der Waals surface area contributed by atoms with Gasteiger partial charge in [-0.2, -0.15) is 0 Å². The molecule has 0 aliphatic heterocycles. The second kappa shape index (κ2) is 8.14. The van der Waals surface area contributed by atoms with Gasteiger partial charge in [-0.3, -0.25) is 4.79 Å². The molecule has 0 fully saturated rings. The zero-order valence-corrected chi connectivity index (χ0v) is 13.5. The Kier molecular flexibility index (Phi) is 6.84. The lowest BCUT2D eigenvalue weighted by Gasteiger charge is -2.11. The Labute approximate surface area is 126 Å². The average Bonchev–Trinajstić information content (AvgIpc) is 2.42. The van der Waals surface area contributed by atoms with Crippen LogP contribution in [0.3, 0.4) is 0 Å². The van der Waals surface area contributed by atoms with Crippen LogP contribution >= 0.6 is 0 Å². The molecule has 0 heterocycles. The summed E-state index contributed by atoms with van der Waals surface area (Å²) in [5, 5.41) is 0. The normalized spacial score (nSPS) is 12.9. The summed E-state index contributed by atoms with van der Waals surface area (Å²) in [4.78, 5) is 11.1. The Hall–Kier alpha value is -1.40. The molecule has 0 aromatic heterocycles. The summed E-state index contributed by atoms with van der Waals surface area (Å²) in [6.07, 6.45) is 1.15. The van der Waals surface area contributed by atoms with Crippen molar-refractivity contribution in [2.45, 2.75) is 38.2 Å². The molecule has 0 aliphatic carbocycles. The van der Waals surface area contributed by atoms with Crippen molar-refractivity contribution in [3.63, 3.8) is 0 Å². The summed E-state index contributed by atoms with van der Waals surface area (Å²) >= 11 is 0. The number of benzene rings is 1. The SMILES string of the molecule is CCC(C)OCCOc1ccc(S(=O)(=O)CC(C)=O)cc1. The van der Waals surface area contributed by atoms with E-state index in [1.807, 2.05) is 13.8 Å². The highest BCUT2D eigenvalue weighted by molar-refractivity contribution is 7.92. The highest BCUT2D eigenvalue weighted by Gasteiger charge is 2.16. The molecule has 1 aromatic rings. The number of Topliss-reactive ketones (excluding diaryl/α,β-unsaturated/α-hetero) is 1. The fraction of sp³-hybridized carbons (Fsp3) is 0.533. The van der Waals surface area contributed by atoms with E-state index in [9.17, 15) is 13.2 Å². The van der Waals surface area contributed by atoms with E-state index in [0.29, 0.717) is 19.0 Å². The molecule has 1 atom stereocenters. The Bertz CT molecular complexity index is 548. The number of carbonyl (C=O) groups excluding carboxylic acids is 1. The van der Waals surface area contributed by atoms with Crippen LogP contribution < -0.4 is 4.74 Å². The van der Waals surface area contributed by atoms with E-state index < -0.39 is 15.6 Å². The van der Waals surface area contributed by atoms with Crippen LogP contribution in [0, 0.1) is 0 Å². The van der Waals surface area contributed by atoms with E-state index >= 15 is 0 Å². The standard InChI is InChI=1S/C15H22O5S/c1-4-13(3)19-9-10-20-14-5-7-15(8-6-14)21(17,18)11-12(2)16/h5-8,13H,4,9-11H2,1-3H3.